The van der Waals surface area contributed by atoms with Gasteiger partial charge in [0.2, 0.25) is 0 Å². The van der Waals surface area contributed by atoms with Crippen molar-refractivity contribution in [2.45, 2.75) is 24.9 Å². The summed E-state index contributed by atoms with van der Waals surface area (Å²) in [6.07, 6.45) is 3.61. The van der Waals surface area contributed by atoms with Crippen molar-refractivity contribution in [3.8, 4) is 11.3 Å². The predicted octanol–water partition coefficient (Wildman–Crippen LogP) is 1.91. The molecule has 30 heavy (non-hydrogen) atoms. The SMILES string of the molecule is O=C(NO)c1cccc(-c2cn([C@H]3C[C@H](CO)N(CCc4ccccc4)C3)nn2)c1. The second kappa shape index (κ2) is 9.17. The summed E-state index contributed by atoms with van der Waals surface area (Å²) in [7, 11) is 0. The number of hydrogen-bond donors (Lipinski definition) is 3. The predicted molar refractivity (Wildman–Crippen MR) is 111 cm³/mol. The van der Waals surface area contributed by atoms with Gasteiger partial charge in [0.15, 0.2) is 0 Å². The molecule has 2 atom stereocenters. The van der Waals surface area contributed by atoms with Crippen molar-refractivity contribution in [2.75, 3.05) is 19.7 Å². The van der Waals surface area contributed by atoms with Gasteiger partial charge in [0.25, 0.3) is 5.91 Å². The molecule has 8 nitrogen and oxygen atoms in total. The number of benzene rings is 2. The number of aromatic nitrogens is 3. The maximum atomic E-state index is 11.6. The van der Waals surface area contributed by atoms with E-state index in [-0.39, 0.29) is 18.7 Å². The van der Waals surface area contributed by atoms with Crippen LogP contribution in [0.5, 0.6) is 0 Å². The molecule has 3 aromatic rings. The van der Waals surface area contributed by atoms with Crippen molar-refractivity contribution < 1.29 is 15.1 Å². The number of likely N-dealkylation sites (tertiary alicyclic amines) is 1. The number of hydroxylamine groups is 1. The van der Waals surface area contributed by atoms with Crippen LogP contribution in [-0.2, 0) is 6.42 Å². The Bertz CT molecular complexity index is 991. The fourth-order valence-electron chi connectivity index (χ4n) is 4.00. The molecule has 0 radical (unpaired) electrons. The molecular formula is C22H25N5O3. The number of carbonyl (C=O) groups is 1. The molecule has 0 bridgehead atoms. The van der Waals surface area contributed by atoms with Gasteiger partial charge in [-0.3, -0.25) is 14.9 Å². The van der Waals surface area contributed by atoms with Crippen LogP contribution in [0.15, 0.2) is 60.8 Å². The first-order valence-corrected chi connectivity index (χ1v) is 10.0. The molecule has 2 aromatic carbocycles. The van der Waals surface area contributed by atoms with Crippen molar-refractivity contribution in [1.82, 2.24) is 25.4 Å². The number of nitrogens with zero attached hydrogens (tertiary/aromatic N) is 4. The van der Waals surface area contributed by atoms with Crippen molar-refractivity contribution in [3.05, 3.63) is 71.9 Å². The molecule has 2 heterocycles. The van der Waals surface area contributed by atoms with Crippen molar-refractivity contribution in [1.29, 1.82) is 0 Å². The van der Waals surface area contributed by atoms with Crippen LogP contribution in [0.2, 0.25) is 0 Å². The van der Waals surface area contributed by atoms with Gasteiger partial charge in [-0.2, -0.15) is 0 Å². The molecule has 1 saturated heterocycles. The summed E-state index contributed by atoms with van der Waals surface area (Å²) < 4.78 is 1.85. The molecule has 0 saturated carbocycles. The van der Waals surface area contributed by atoms with E-state index in [2.05, 4.69) is 27.3 Å². The zero-order valence-electron chi connectivity index (χ0n) is 16.6. The van der Waals surface area contributed by atoms with E-state index in [0.717, 1.165) is 31.5 Å². The zero-order valence-corrected chi connectivity index (χ0v) is 16.6. The minimum atomic E-state index is -0.570. The Balaban J connectivity index is 1.45. The van der Waals surface area contributed by atoms with Gasteiger partial charge >= 0.3 is 0 Å². The highest BCUT2D eigenvalue weighted by Gasteiger charge is 2.33. The minimum absolute atomic E-state index is 0.0999. The summed E-state index contributed by atoms with van der Waals surface area (Å²) in [5.41, 5.74) is 4.68. The van der Waals surface area contributed by atoms with E-state index >= 15 is 0 Å². The van der Waals surface area contributed by atoms with E-state index in [1.807, 2.05) is 35.1 Å². The number of aliphatic hydroxyl groups excluding tert-OH is 1. The van der Waals surface area contributed by atoms with E-state index in [1.165, 1.54) is 5.56 Å². The van der Waals surface area contributed by atoms with E-state index in [9.17, 15) is 9.90 Å². The first-order valence-electron chi connectivity index (χ1n) is 10.0. The molecule has 1 aliphatic rings. The molecule has 1 amide bonds. The molecule has 3 N–H and O–H groups in total. The van der Waals surface area contributed by atoms with Crippen molar-refractivity contribution >= 4 is 5.91 Å². The molecule has 1 fully saturated rings. The number of nitrogens with one attached hydrogen (secondary N) is 1. The third-order valence-corrected chi connectivity index (χ3v) is 5.65. The lowest BCUT2D eigenvalue weighted by Crippen LogP contribution is -2.34. The highest BCUT2D eigenvalue weighted by Crippen LogP contribution is 2.28. The summed E-state index contributed by atoms with van der Waals surface area (Å²) >= 11 is 0. The lowest BCUT2D eigenvalue weighted by molar-refractivity contribution is 0.0706. The second-order valence-electron chi connectivity index (χ2n) is 7.56. The Morgan fingerprint density at radius 2 is 2.00 bits per heavy atom. The molecule has 156 valence electrons. The minimum Gasteiger partial charge on any atom is -0.395 e. The second-order valence-corrected chi connectivity index (χ2v) is 7.56. The lowest BCUT2D eigenvalue weighted by atomic mass is 10.1. The number of hydrogen-bond acceptors (Lipinski definition) is 6. The summed E-state index contributed by atoms with van der Waals surface area (Å²) in [6, 6.07) is 17.4. The van der Waals surface area contributed by atoms with Gasteiger partial charge < -0.3 is 5.11 Å². The third-order valence-electron chi connectivity index (χ3n) is 5.65. The topological polar surface area (TPSA) is 104 Å². The Hall–Kier alpha value is -3.07. The van der Waals surface area contributed by atoms with Crippen molar-refractivity contribution in [3.63, 3.8) is 0 Å². The van der Waals surface area contributed by atoms with Gasteiger partial charge in [-0.1, -0.05) is 47.7 Å². The van der Waals surface area contributed by atoms with Crippen LogP contribution in [0, 0.1) is 0 Å². The van der Waals surface area contributed by atoms with E-state index < -0.39 is 5.91 Å². The van der Waals surface area contributed by atoms with Gasteiger partial charge in [0.05, 0.1) is 18.8 Å². The molecular weight excluding hydrogens is 382 g/mol. The summed E-state index contributed by atoms with van der Waals surface area (Å²) in [4.78, 5) is 14.0. The third kappa shape index (κ3) is 4.40. The fraction of sp³-hybridized carbons (Fsp3) is 0.318. The first-order chi connectivity index (χ1) is 14.7. The van der Waals surface area contributed by atoms with Crippen LogP contribution in [0.1, 0.15) is 28.4 Å². The van der Waals surface area contributed by atoms with Gasteiger partial charge in [-0.25, -0.2) is 10.2 Å². The maximum absolute atomic E-state index is 11.6. The summed E-state index contributed by atoms with van der Waals surface area (Å²) in [6.45, 7) is 1.80. The Morgan fingerprint density at radius 1 is 1.17 bits per heavy atom. The van der Waals surface area contributed by atoms with Crippen molar-refractivity contribution in [2.24, 2.45) is 0 Å². The molecule has 8 heteroatoms. The standard InChI is InChI=1S/C22H25N5O3/c28-15-20-12-19(13-26(20)10-9-16-5-2-1-3-6-16)27-14-21(23-25-27)17-7-4-8-18(11-17)22(29)24-30/h1-8,11,14,19-20,28,30H,9-10,12-13,15H2,(H,24,29)/t19-,20+/m0/s1. The highest BCUT2D eigenvalue weighted by molar-refractivity contribution is 5.94. The van der Waals surface area contributed by atoms with Crippen LogP contribution in [0.3, 0.4) is 0 Å². The van der Waals surface area contributed by atoms with Crippen LogP contribution in [-0.4, -0.2) is 61.9 Å². The fourth-order valence-corrected chi connectivity index (χ4v) is 4.00. The molecule has 1 aliphatic heterocycles. The van der Waals surface area contributed by atoms with Crippen LogP contribution in [0.4, 0.5) is 0 Å². The Kier molecular flexibility index (Phi) is 6.18. The maximum Gasteiger partial charge on any atom is 0.274 e. The Labute approximate surface area is 174 Å². The molecule has 0 aliphatic carbocycles. The van der Waals surface area contributed by atoms with Crippen LogP contribution >= 0.6 is 0 Å². The number of carbonyl (C=O) groups excluding carboxylic acids is 1. The van der Waals surface area contributed by atoms with E-state index in [1.54, 1.807) is 23.7 Å². The van der Waals surface area contributed by atoms with E-state index in [4.69, 9.17) is 5.21 Å². The number of rotatable bonds is 7. The molecule has 1 aromatic heterocycles. The number of aliphatic hydroxyl groups is 1. The summed E-state index contributed by atoms with van der Waals surface area (Å²) in [5, 5.41) is 27.2. The number of amides is 1. The summed E-state index contributed by atoms with van der Waals surface area (Å²) in [5.74, 6) is -0.570. The van der Waals surface area contributed by atoms with Gasteiger partial charge in [-0.15, -0.1) is 5.10 Å². The monoisotopic (exact) mass is 407 g/mol. The van der Waals surface area contributed by atoms with Gasteiger partial charge in [0.1, 0.15) is 5.69 Å². The molecule has 4 rings (SSSR count). The normalized spacial score (nSPS) is 19.1. The average molecular weight is 407 g/mol. The van der Waals surface area contributed by atoms with Gasteiger partial charge in [0, 0.05) is 30.3 Å². The smallest absolute Gasteiger partial charge is 0.274 e. The zero-order chi connectivity index (χ0) is 20.9. The first kappa shape index (κ1) is 20.2. The Morgan fingerprint density at radius 3 is 2.77 bits per heavy atom. The largest absolute Gasteiger partial charge is 0.395 e. The average Bonchev–Trinajstić information content (AvgIpc) is 3.45. The molecule has 0 spiro atoms. The van der Waals surface area contributed by atoms with Crippen LogP contribution < -0.4 is 5.48 Å². The lowest BCUT2D eigenvalue weighted by Gasteiger charge is -2.22. The molecule has 0 unspecified atom stereocenters. The van der Waals surface area contributed by atoms with Crippen LogP contribution in [0.25, 0.3) is 11.3 Å². The quantitative estimate of drug-likeness (QED) is 0.408. The van der Waals surface area contributed by atoms with E-state index in [0.29, 0.717) is 11.3 Å². The van der Waals surface area contributed by atoms with Gasteiger partial charge in [-0.05, 0) is 30.5 Å². The highest BCUT2D eigenvalue weighted by atomic mass is 16.5.